The van der Waals surface area contributed by atoms with E-state index in [9.17, 15) is 8.78 Å². The molecule has 6 heteroatoms. The molecule has 0 radical (unpaired) electrons. The second-order valence-electron chi connectivity index (χ2n) is 4.73. The first-order valence-corrected chi connectivity index (χ1v) is 6.59. The minimum absolute atomic E-state index is 0.394. The Balaban J connectivity index is 2.47. The van der Waals surface area contributed by atoms with Crippen molar-refractivity contribution >= 4 is 0 Å². The SMILES string of the molecule is CCCn1nncc1C(NC)c1cc(C)c(F)cc1F. The van der Waals surface area contributed by atoms with E-state index in [1.807, 2.05) is 6.92 Å². The highest BCUT2D eigenvalue weighted by Gasteiger charge is 2.21. The Kier molecular flexibility index (Phi) is 4.44. The first kappa shape index (κ1) is 14.6. The number of nitrogens with zero attached hydrogens (tertiary/aromatic N) is 3. The molecule has 2 rings (SSSR count). The molecular formula is C14H18F2N4. The zero-order valence-corrected chi connectivity index (χ0v) is 11.8. The standard InChI is InChI=1S/C14H18F2N4/c1-4-5-20-13(8-18-19-20)14(17-3)10-6-9(2)11(15)7-12(10)16/h6-8,14,17H,4-5H2,1-3H3. The van der Waals surface area contributed by atoms with Crippen LogP contribution in [0.4, 0.5) is 8.78 Å². The van der Waals surface area contributed by atoms with E-state index < -0.39 is 17.7 Å². The second kappa shape index (κ2) is 6.09. The normalized spacial score (nSPS) is 12.7. The van der Waals surface area contributed by atoms with E-state index in [2.05, 4.69) is 15.6 Å². The van der Waals surface area contributed by atoms with Gasteiger partial charge in [0.2, 0.25) is 0 Å². The first-order valence-electron chi connectivity index (χ1n) is 6.59. The molecule has 2 aromatic rings. The van der Waals surface area contributed by atoms with Crippen LogP contribution in [0.5, 0.6) is 0 Å². The molecule has 0 fully saturated rings. The van der Waals surface area contributed by atoms with Gasteiger partial charge in [0.25, 0.3) is 0 Å². The summed E-state index contributed by atoms with van der Waals surface area (Å²) in [6, 6.07) is 2.04. The summed E-state index contributed by atoms with van der Waals surface area (Å²) in [6.45, 7) is 4.35. The largest absolute Gasteiger partial charge is 0.308 e. The minimum Gasteiger partial charge on any atom is -0.308 e. The van der Waals surface area contributed by atoms with Gasteiger partial charge in [0.15, 0.2) is 0 Å². The number of nitrogens with one attached hydrogen (secondary N) is 1. The molecule has 0 saturated heterocycles. The Morgan fingerprint density at radius 2 is 2.05 bits per heavy atom. The van der Waals surface area contributed by atoms with Crippen LogP contribution in [0.3, 0.4) is 0 Å². The van der Waals surface area contributed by atoms with Gasteiger partial charge in [0.1, 0.15) is 11.6 Å². The molecule has 1 atom stereocenters. The lowest BCUT2D eigenvalue weighted by Crippen LogP contribution is -2.23. The molecule has 0 spiro atoms. The highest BCUT2D eigenvalue weighted by Crippen LogP contribution is 2.26. The van der Waals surface area contributed by atoms with Crippen LogP contribution in [-0.2, 0) is 6.54 Å². The summed E-state index contributed by atoms with van der Waals surface area (Å²) in [7, 11) is 1.73. The van der Waals surface area contributed by atoms with Crippen molar-refractivity contribution in [1.29, 1.82) is 0 Å². The number of hydrogen-bond acceptors (Lipinski definition) is 3. The molecule has 1 aromatic heterocycles. The summed E-state index contributed by atoms with van der Waals surface area (Å²) < 4.78 is 29.2. The van der Waals surface area contributed by atoms with E-state index >= 15 is 0 Å². The lowest BCUT2D eigenvalue weighted by molar-refractivity contribution is 0.503. The van der Waals surface area contributed by atoms with E-state index in [-0.39, 0.29) is 0 Å². The molecule has 0 aliphatic heterocycles. The minimum atomic E-state index is -0.573. The van der Waals surface area contributed by atoms with Crippen molar-refractivity contribution in [2.24, 2.45) is 0 Å². The molecule has 0 saturated carbocycles. The number of halogens is 2. The predicted octanol–water partition coefficient (Wildman–Crippen LogP) is 2.58. The lowest BCUT2D eigenvalue weighted by atomic mass is 10.0. The average Bonchev–Trinajstić information content (AvgIpc) is 2.85. The summed E-state index contributed by atoms with van der Waals surface area (Å²) >= 11 is 0. The van der Waals surface area contributed by atoms with Gasteiger partial charge in [-0.2, -0.15) is 0 Å². The van der Waals surface area contributed by atoms with Crippen molar-refractivity contribution in [3.8, 4) is 0 Å². The van der Waals surface area contributed by atoms with Gasteiger partial charge in [-0.25, -0.2) is 13.5 Å². The van der Waals surface area contributed by atoms with Crippen LogP contribution in [0.25, 0.3) is 0 Å². The Labute approximate surface area is 116 Å². The zero-order valence-electron chi connectivity index (χ0n) is 11.8. The van der Waals surface area contributed by atoms with Crippen molar-refractivity contribution < 1.29 is 8.78 Å². The van der Waals surface area contributed by atoms with Gasteiger partial charge in [0, 0.05) is 18.2 Å². The van der Waals surface area contributed by atoms with Gasteiger partial charge in [-0.1, -0.05) is 12.1 Å². The zero-order chi connectivity index (χ0) is 14.7. The van der Waals surface area contributed by atoms with Crippen molar-refractivity contribution in [2.45, 2.75) is 32.9 Å². The van der Waals surface area contributed by atoms with Crippen molar-refractivity contribution in [3.05, 3.63) is 46.8 Å². The highest BCUT2D eigenvalue weighted by atomic mass is 19.1. The van der Waals surface area contributed by atoms with E-state index in [0.717, 1.165) is 18.2 Å². The maximum atomic E-state index is 14.0. The fraction of sp³-hybridized carbons (Fsp3) is 0.429. The van der Waals surface area contributed by atoms with Crippen molar-refractivity contribution in [1.82, 2.24) is 20.3 Å². The molecule has 1 N–H and O–H groups in total. The maximum Gasteiger partial charge on any atom is 0.131 e. The molecule has 0 amide bonds. The smallest absolute Gasteiger partial charge is 0.131 e. The van der Waals surface area contributed by atoms with E-state index in [0.29, 0.717) is 17.7 Å². The summed E-state index contributed by atoms with van der Waals surface area (Å²) in [5.74, 6) is -1.11. The van der Waals surface area contributed by atoms with Gasteiger partial charge in [-0.3, -0.25) is 0 Å². The molecule has 108 valence electrons. The first-order chi connectivity index (χ1) is 9.58. The highest BCUT2D eigenvalue weighted by molar-refractivity contribution is 5.32. The molecule has 4 nitrogen and oxygen atoms in total. The molecule has 20 heavy (non-hydrogen) atoms. The molecule has 0 aliphatic carbocycles. The molecule has 1 unspecified atom stereocenters. The van der Waals surface area contributed by atoms with Crippen molar-refractivity contribution in [3.63, 3.8) is 0 Å². The Morgan fingerprint density at radius 1 is 1.30 bits per heavy atom. The van der Waals surface area contributed by atoms with E-state index in [1.54, 1.807) is 24.9 Å². The molecular weight excluding hydrogens is 262 g/mol. The summed E-state index contributed by atoms with van der Waals surface area (Å²) in [5, 5.41) is 10.9. The summed E-state index contributed by atoms with van der Waals surface area (Å²) in [5.41, 5.74) is 1.57. The third-order valence-electron chi connectivity index (χ3n) is 3.26. The molecule has 1 heterocycles. The quantitative estimate of drug-likeness (QED) is 0.915. The molecule has 1 aromatic carbocycles. The molecule has 0 bridgehead atoms. The van der Waals surface area contributed by atoms with Gasteiger partial charge in [-0.15, -0.1) is 5.10 Å². The number of rotatable bonds is 5. The van der Waals surface area contributed by atoms with Crippen LogP contribution in [-0.4, -0.2) is 22.0 Å². The lowest BCUT2D eigenvalue weighted by Gasteiger charge is -2.19. The van der Waals surface area contributed by atoms with Gasteiger partial charge in [0.05, 0.1) is 17.9 Å². The third-order valence-corrected chi connectivity index (χ3v) is 3.26. The van der Waals surface area contributed by atoms with Crippen LogP contribution >= 0.6 is 0 Å². The van der Waals surface area contributed by atoms with Crippen LogP contribution in [0, 0.1) is 18.6 Å². The van der Waals surface area contributed by atoms with Crippen LogP contribution in [0.2, 0.25) is 0 Å². The monoisotopic (exact) mass is 280 g/mol. The fourth-order valence-electron chi connectivity index (χ4n) is 2.24. The average molecular weight is 280 g/mol. The Hall–Kier alpha value is -1.82. The van der Waals surface area contributed by atoms with Crippen LogP contribution in [0.1, 0.15) is 36.2 Å². The summed E-state index contributed by atoms with van der Waals surface area (Å²) in [6.07, 6.45) is 2.51. The number of benzene rings is 1. The van der Waals surface area contributed by atoms with Crippen molar-refractivity contribution in [2.75, 3.05) is 7.05 Å². The third kappa shape index (κ3) is 2.70. The maximum absolute atomic E-state index is 14.0. The Morgan fingerprint density at radius 3 is 2.70 bits per heavy atom. The van der Waals surface area contributed by atoms with E-state index in [1.165, 1.54) is 6.07 Å². The van der Waals surface area contributed by atoms with Gasteiger partial charge < -0.3 is 5.32 Å². The van der Waals surface area contributed by atoms with Gasteiger partial charge in [-0.05, 0) is 32.0 Å². The van der Waals surface area contributed by atoms with E-state index in [4.69, 9.17) is 0 Å². The Bertz CT molecular complexity index is 595. The predicted molar refractivity (Wildman–Crippen MR) is 72.3 cm³/mol. The number of hydrogen-bond donors (Lipinski definition) is 1. The van der Waals surface area contributed by atoms with Gasteiger partial charge >= 0.3 is 0 Å². The van der Waals surface area contributed by atoms with Crippen LogP contribution in [0.15, 0.2) is 18.3 Å². The number of aryl methyl sites for hydroxylation is 2. The van der Waals surface area contributed by atoms with Crippen LogP contribution < -0.4 is 5.32 Å². The second-order valence-corrected chi connectivity index (χ2v) is 4.73. The fourth-order valence-corrected chi connectivity index (χ4v) is 2.24. The number of aromatic nitrogens is 3. The topological polar surface area (TPSA) is 42.7 Å². The molecule has 0 aliphatic rings. The summed E-state index contributed by atoms with van der Waals surface area (Å²) in [4.78, 5) is 0.